The molecular formula is C9H10Cl3N. The largest absolute Gasteiger partial charge is 0.324 e. The Labute approximate surface area is 93.6 Å². The summed E-state index contributed by atoms with van der Waals surface area (Å²) in [5.74, 6) is 0. The van der Waals surface area contributed by atoms with Crippen molar-refractivity contribution in [2.75, 3.05) is 0 Å². The first-order chi connectivity index (χ1) is 5.68. The van der Waals surface area contributed by atoms with Crippen LogP contribution in [0, 0.1) is 0 Å². The lowest BCUT2D eigenvalue weighted by atomic mass is 10.1. The predicted molar refractivity (Wildman–Crippen MR) is 59.0 cm³/mol. The predicted octanol–water partition coefficient (Wildman–Crippen LogP) is 3.36. The van der Waals surface area contributed by atoms with Crippen molar-refractivity contribution in [3.05, 3.63) is 33.3 Å². The van der Waals surface area contributed by atoms with E-state index in [4.69, 9.17) is 28.9 Å². The summed E-state index contributed by atoms with van der Waals surface area (Å²) in [4.78, 5) is 0. The molecule has 1 aliphatic rings. The first-order valence-electron chi connectivity index (χ1n) is 3.92. The van der Waals surface area contributed by atoms with Crippen LogP contribution in [0.1, 0.15) is 23.6 Å². The van der Waals surface area contributed by atoms with Crippen molar-refractivity contribution < 1.29 is 0 Å². The van der Waals surface area contributed by atoms with Crippen molar-refractivity contribution in [3.63, 3.8) is 0 Å². The van der Waals surface area contributed by atoms with Crippen LogP contribution >= 0.6 is 35.6 Å². The molecule has 0 spiro atoms. The van der Waals surface area contributed by atoms with Gasteiger partial charge in [-0.2, -0.15) is 0 Å². The van der Waals surface area contributed by atoms with E-state index in [1.807, 2.05) is 6.07 Å². The topological polar surface area (TPSA) is 26.0 Å². The molecule has 0 saturated heterocycles. The zero-order valence-electron chi connectivity index (χ0n) is 6.89. The summed E-state index contributed by atoms with van der Waals surface area (Å²) in [6, 6.07) is 3.82. The normalized spacial score (nSPS) is 19.5. The van der Waals surface area contributed by atoms with Crippen LogP contribution in [0.25, 0.3) is 0 Å². The zero-order valence-corrected chi connectivity index (χ0v) is 9.22. The Bertz CT molecular complexity index is 325. The van der Waals surface area contributed by atoms with Crippen molar-refractivity contribution in [3.8, 4) is 0 Å². The van der Waals surface area contributed by atoms with E-state index in [1.54, 1.807) is 6.07 Å². The van der Waals surface area contributed by atoms with E-state index in [0.29, 0.717) is 5.02 Å². The van der Waals surface area contributed by atoms with Gasteiger partial charge in [-0.15, -0.1) is 12.4 Å². The highest BCUT2D eigenvalue weighted by Gasteiger charge is 2.21. The smallest absolute Gasteiger partial charge is 0.0456 e. The van der Waals surface area contributed by atoms with Crippen LogP contribution in [0.5, 0.6) is 0 Å². The second-order valence-electron chi connectivity index (χ2n) is 3.10. The standard InChI is InChI=1S/C9H9Cl2N.ClH/c10-5-3-7-6(8(11)4-5)1-2-9(7)12;/h3-4,9H,1-2,12H2;1H. The van der Waals surface area contributed by atoms with Gasteiger partial charge in [-0.05, 0) is 36.1 Å². The average molecular weight is 239 g/mol. The molecule has 1 nitrogen and oxygen atoms in total. The van der Waals surface area contributed by atoms with Crippen LogP contribution in [0.3, 0.4) is 0 Å². The van der Waals surface area contributed by atoms with Crippen LogP contribution in [-0.2, 0) is 6.42 Å². The fourth-order valence-electron chi connectivity index (χ4n) is 1.67. The van der Waals surface area contributed by atoms with Crippen molar-refractivity contribution in [2.24, 2.45) is 5.73 Å². The van der Waals surface area contributed by atoms with Crippen molar-refractivity contribution in [2.45, 2.75) is 18.9 Å². The zero-order chi connectivity index (χ0) is 8.72. The summed E-state index contributed by atoms with van der Waals surface area (Å²) in [5.41, 5.74) is 8.16. The fraction of sp³-hybridized carbons (Fsp3) is 0.333. The minimum absolute atomic E-state index is 0. The molecule has 1 unspecified atom stereocenters. The number of rotatable bonds is 0. The Morgan fingerprint density at radius 3 is 2.69 bits per heavy atom. The highest BCUT2D eigenvalue weighted by atomic mass is 35.5. The Morgan fingerprint density at radius 2 is 2.00 bits per heavy atom. The molecular weight excluding hydrogens is 228 g/mol. The summed E-state index contributed by atoms with van der Waals surface area (Å²) in [5, 5.41) is 1.43. The van der Waals surface area contributed by atoms with E-state index in [2.05, 4.69) is 0 Å². The molecule has 13 heavy (non-hydrogen) atoms. The van der Waals surface area contributed by atoms with E-state index < -0.39 is 0 Å². The summed E-state index contributed by atoms with van der Waals surface area (Å²) in [6.45, 7) is 0. The van der Waals surface area contributed by atoms with Gasteiger partial charge in [-0.3, -0.25) is 0 Å². The van der Waals surface area contributed by atoms with Gasteiger partial charge >= 0.3 is 0 Å². The van der Waals surface area contributed by atoms with Crippen molar-refractivity contribution >= 4 is 35.6 Å². The maximum Gasteiger partial charge on any atom is 0.0456 e. The number of halogens is 3. The van der Waals surface area contributed by atoms with E-state index in [0.717, 1.165) is 23.4 Å². The second-order valence-corrected chi connectivity index (χ2v) is 3.94. The number of hydrogen-bond donors (Lipinski definition) is 1. The molecule has 72 valence electrons. The van der Waals surface area contributed by atoms with Gasteiger partial charge < -0.3 is 5.73 Å². The highest BCUT2D eigenvalue weighted by Crippen LogP contribution is 2.36. The van der Waals surface area contributed by atoms with Gasteiger partial charge in [0.25, 0.3) is 0 Å². The van der Waals surface area contributed by atoms with Gasteiger partial charge in [0, 0.05) is 16.1 Å². The molecule has 0 bridgehead atoms. The van der Waals surface area contributed by atoms with Crippen molar-refractivity contribution in [1.29, 1.82) is 0 Å². The average Bonchev–Trinajstić information content (AvgIpc) is 2.33. The Morgan fingerprint density at radius 1 is 1.31 bits per heavy atom. The lowest BCUT2D eigenvalue weighted by molar-refractivity contribution is 0.713. The molecule has 1 aromatic rings. The number of nitrogens with two attached hydrogens (primary N) is 1. The summed E-state index contributed by atoms with van der Waals surface area (Å²) in [7, 11) is 0. The molecule has 4 heteroatoms. The minimum Gasteiger partial charge on any atom is -0.324 e. The van der Waals surface area contributed by atoms with E-state index in [-0.39, 0.29) is 18.4 Å². The number of benzene rings is 1. The van der Waals surface area contributed by atoms with E-state index in [9.17, 15) is 0 Å². The van der Waals surface area contributed by atoms with Crippen LogP contribution in [0.2, 0.25) is 10.0 Å². The second kappa shape index (κ2) is 4.05. The molecule has 1 aromatic carbocycles. The van der Waals surface area contributed by atoms with Crippen LogP contribution in [-0.4, -0.2) is 0 Å². The maximum atomic E-state index is 6.00. The third-order valence-corrected chi connectivity index (χ3v) is 2.86. The lowest BCUT2D eigenvalue weighted by Crippen LogP contribution is -2.04. The maximum absolute atomic E-state index is 6.00. The molecule has 1 atom stereocenters. The lowest BCUT2D eigenvalue weighted by Gasteiger charge is -2.05. The molecule has 0 amide bonds. The third-order valence-electron chi connectivity index (χ3n) is 2.30. The number of fused-ring (bicyclic) bond motifs is 1. The summed E-state index contributed by atoms with van der Waals surface area (Å²) < 4.78 is 0. The molecule has 0 aromatic heterocycles. The van der Waals surface area contributed by atoms with Gasteiger partial charge in [0.05, 0.1) is 0 Å². The molecule has 0 heterocycles. The quantitative estimate of drug-likeness (QED) is 0.737. The fourth-order valence-corrected chi connectivity index (χ4v) is 2.28. The molecule has 0 radical (unpaired) electrons. The monoisotopic (exact) mass is 237 g/mol. The van der Waals surface area contributed by atoms with Gasteiger partial charge in [0.2, 0.25) is 0 Å². The van der Waals surface area contributed by atoms with E-state index in [1.165, 1.54) is 5.56 Å². The Kier molecular flexibility index (Phi) is 3.47. The SMILES string of the molecule is Cl.NC1CCc2c(Cl)cc(Cl)cc21. The van der Waals surface area contributed by atoms with Crippen LogP contribution in [0.15, 0.2) is 12.1 Å². The Hall–Kier alpha value is 0.0500. The third kappa shape index (κ3) is 1.94. The Balaban J connectivity index is 0.000000845. The first-order valence-corrected chi connectivity index (χ1v) is 4.67. The molecule has 1 aliphatic carbocycles. The minimum atomic E-state index is 0. The molecule has 2 N–H and O–H groups in total. The van der Waals surface area contributed by atoms with E-state index >= 15 is 0 Å². The van der Waals surface area contributed by atoms with Crippen LogP contribution in [0.4, 0.5) is 0 Å². The van der Waals surface area contributed by atoms with Gasteiger partial charge in [-0.1, -0.05) is 23.2 Å². The van der Waals surface area contributed by atoms with Gasteiger partial charge in [0.1, 0.15) is 0 Å². The number of hydrogen-bond acceptors (Lipinski definition) is 1. The summed E-state index contributed by atoms with van der Waals surface area (Å²) >= 11 is 11.9. The molecule has 0 saturated carbocycles. The first kappa shape index (κ1) is 11.1. The highest BCUT2D eigenvalue weighted by molar-refractivity contribution is 6.35. The molecule has 0 fully saturated rings. The van der Waals surface area contributed by atoms with Crippen molar-refractivity contribution in [1.82, 2.24) is 0 Å². The molecule has 2 rings (SSSR count). The van der Waals surface area contributed by atoms with Crippen LogP contribution < -0.4 is 5.73 Å². The van der Waals surface area contributed by atoms with Gasteiger partial charge in [-0.25, -0.2) is 0 Å². The van der Waals surface area contributed by atoms with Gasteiger partial charge in [0.15, 0.2) is 0 Å². The molecule has 0 aliphatic heterocycles. The summed E-state index contributed by atoms with van der Waals surface area (Å²) in [6.07, 6.45) is 1.96.